The van der Waals surface area contributed by atoms with Gasteiger partial charge in [0.25, 0.3) is 0 Å². The molecule has 1 aromatic heterocycles. The Morgan fingerprint density at radius 1 is 1.12 bits per heavy atom. The van der Waals surface area contributed by atoms with Crippen molar-refractivity contribution in [3.63, 3.8) is 0 Å². The first kappa shape index (κ1) is 17.5. The third-order valence-electron chi connectivity index (χ3n) is 3.63. The van der Waals surface area contributed by atoms with Crippen LogP contribution in [0.3, 0.4) is 0 Å². The molecule has 0 atom stereocenters. The lowest BCUT2D eigenvalue weighted by atomic mass is 10.3. The van der Waals surface area contributed by atoms with Gasteiger partial charge in [-0.2, -0.15) is 0 Å². The van der Waals surface area contributed by atoms with E-state index in [1.54, 1.807) is 24.4 Å². The molecule has 8 nitrogen and oxygen atoms in total. The molecule has 3 rings (SSSR count). The molecule has 2 heterocycles. The minimum atomic E-state index is -3.78. The van der Waals surface area contributed by atoms with E-state index in [-0.39, 0.29) is 29.3 Å². The van der Waals surface area contributed by atoms with Crippen molar-refractivity contribution in [1.82, 2.24) is 9.71 Å². The smallest absolute Gasteiger partial charge is 0.242 e. The second-order valence-electron chi connectivity index (χ2n) is 5.36. The molecule has 0 bridgehead atoms. The number of pyridine rings is 1. The Kier molecular flexibility index (Phi) is 4.58. The van der Waals surface area contributed by atoms with Crippen molar-refractivity contribution in [2.45, 2.75) is 17.9 Å². The van der Waals surface area contributed by atoms with Gasteiger partial charge in [0.05, 0.1) is 28.6 Å². The van der Waals surface area contributed by atoms with Crippen molar-refractivity contribution in [3.8, 4) is 0 Å². The number of nitrogens with zero attached hydrogens (tertiary/aromatic N) is 2. The third-order valence-corrected chi connectivity index (χ3v) is 6.74. The Morgan fingerprint density at radius 3 is 2.40 bits per heavy atom. The Balaban J connectivity index is 1.78. The van der Waals surface area contributed by atoms with Crippen molar-refractivity contribution in [1.29, 1.82) is 0 Å². The Morgan fingerprint density at radius 2 is 1.84 bits per heavy atom. The van der Waals surface area contributed by atoms with Crippen LogP contribution in [-0.4, -0.2) is 33.5 Å². The number of amides is 1. The molecule has 0 saturated carbocycles. The van der Waals surface area contributed by atoms with Crippen molar-refractivity contribution in [3.05, 3.63) is 54.4 Å². The normalized spacial score (nSPS) is 17.0. The standard InChI is InChI=1S/C15H15N3O5S2/c19-15-8-10-24(20,21)18(15)13-4-6-14(7-5-13)25(22,23)17-11-12-3-1-2-9-16-12/h1-7,9,17H,8,10-11H2. The zero-order valence-electron chi connectivity index (χ0n) is 13.0. The predicted octanol–water partition coefficient (Wildman–Crippen LogP) is 0.627. The average Bonchev–Trinajstić information content (AvgIpc) is 2.87. The number of rotatable bonds is 5. The average molecular weight is 381 g/mol. The summed E-state index contributed by atoms with van der Waals surface area (Å²) < 4.78 is 51.5. The molecule has 1 saturated heterocycles. The van der Waals surface area contributed by atoms with Crippen LogP contribution in [0.15, 0.2) is 53.6 Å². The van der Waals surface area contributed by atoms with Gasteiger partial charge in [-0.3, -0.25) is 9.78 Å². The molecule has 2 aromatic rings. The largest absolute Gasteiger partial charge is 0.273 e. The fourth-order valence-corrected chi connectivity index (χ4v) is 4.84. The Labute approximate surface area is 145 Å². The van der Waals surface area contributed by atoms with Gasteiger partial charge in [-0.1, -0.05) is 6.07 Å². The van der Waals surface area contributed by atoms with Gasteiger partial charge in [0.2, 0.25) is 26.0 Å². The van der Waals surface area contributed by atoms with Gasteiger partial charge in [-0.15, -0.1) is 0 Å². The van der Waals surface area contributed by atoms with Crippen LogP contribution < -0.4 is 9.03 Å². The summed E-state index contributed by atoms with van der Waals surface area (Å²) in [5, 5.41) is 0. The Bertz CT molecular complexity index is 987. The lowest BCUT2D eigenvalue weighted by Crippen LogP contribution is -2.29. The molecule has 1 aliphatic rings. The van der Waals surface area contributed by atoms with E-state index >= 15 is 0 Å². The quantitative estimate of drug-likeness (QED) is 0.812. The van der Waals surface area contributed by atoms with Gasteiger partial charge < -0.3 is 0 Å². The van der Waals surface area contributed by atoms with Crippen molar-refractivity contribution in [2.24, 2.45) is 0 Å². The second-order valence-corrected chi connectivity index (χ2v) is 9.07. The van der Waals surface area contributed by atoms with Crippen LogP contribution in [-0.2, 0) is 31.4 Å². The fourth-order valence-electron chi connectivity index (χ4n) is 2.38. The van der Waals surface area contributed by atoms with Gasteiger partial charge in [0.15, 0.2) is 0 Å². The molecule has 1 N–H and O–H groups in total. The molecule has 1 aromatic carbocycles. The van der Waals surface area contributed by atoms with Crippen LogP contribution in [0.2, 0.25) is 0 Å². The molecule has 0 radical (unpaired) electrons. The van der Waals surface area contributed by atoms with Crippen LogP contribution in [0, 0.1) is 0 Å². The monoisotopic (exact) mass is 381 g/mol. The molecular formula is C15H15N3O5S2. The van der Waals surface area contributed by atoms with E-state index in [1.165, 1.54) is 24.3 Å². The first-order valence-electron chi connectivity index (χ1n) is 7.35. The first-order valence-corrected chi connectivity index (χ1v) is 10.4. The van der Waals surface area contributed by atoms with E-state index in [9.17, 15) is 21.6 Å². The van der Waals surface area contributed by atoms with E-state index in [1.807, 2.05) is 0 Å². The maximum atomic E-state index is 12.3. The summed E-state index contributed by atoms with van der Waals surface area (Å²) in [6.07, 6.45) is 1.49. The lowest BCUT2D eigenvalue weighted by Gasteiger charge is -2.15. The molecular weight excluding hydrogens is 366 g/mol. The summed E-state index contributed by atoms with van der Waals surface area (Å²) in [5.74, 6) is -0.763. The maximum Gasteiger partial charge on any atom is 0.242 e. The molecule has 132 valence electrons. The number of anilines is 1. The van der Waals surface area contributed by atoms with E-state index < -0.39 is 26.0 Å². The number of aromatic nitrogens is 1. The first-order chi connectivity index (χ1) is 11.8. The summed E-state index contributed by atoms with van der Waals surface area (Å²) in [5.41, 5.74) is 0.697. The van der Waals surface area contributed by atoms with Gasteiger partial charge in [-0.25, -0.2) is 25.9 Å². The van der Waals surface area contributed by atoms with Crippen molar-refractivity contribution >= 4 is 31.6 Å². The molecule has 1 amide bonds. The van der Waals surface area contributed by atoms with Crippen molar-refractivity contribution in [2.75, 3.05) is 10.1 Å². The molecule has 1 fully saturated rings. The second kappa shape index (κ2) is 6.54. The van der Waals surface area contributed by atoms with E-state index in [0.717, 1.165) is 0 Å². The van der Waals surface area contributed by atoms with Gasteiger partial charge in [0.1, 0.15) is 0 Å². The molecule has 0 aliphatic carbocycles. The minimum absolute atomic E-state index is 0.0313. The summed E-state index contributed by atoms with van der Waals surface area (Å²) in [6.45, 7) is 0.0317. The topological polar surface area (TPSA) is 114 Å². The van der Waals surface area contributed by atoms with Crippen LogP contribution in [0.5, 0.6) is 0 Å². The summed E-state index contributed by atoms with van der Waals surface area (Å²) in [6, 6.07) is 10.3. The maximum absolute atomic E-state index is 12.3. The molecule has 0 spiro atoms. The zero-order valence-corrected chi connectivity index (χ0v) is 14.6. The van der Waals surface area contributed by atoms with E-state index in [4.69, 9.17) is 0 Å². The van der Waals surface area contributed by atoms with Crippen molar-refractivity contribution < 1.29 is 21.6 Å². The molecule has 10 heteroatoms. The van der Waals surface area contributed by atoms with Crippen LogP contribution in [0.4, 0.5) is 5.69 Å². The summed E-state index contributed by atoms with van der Waals surface area (Å²) in [4.78, 5) is 15.7. The highest BCUT2D eigenvalue weighted by molar-refractivity contribution is 7.94. The number of carbonyl (C=O) groups excluding carboxylic acids is 1. The lowest BCUT2D eigenvalue weighted by molar-refractivity contribution is -0.116. The number of sulfonamides is 2. The number of hydrogen-bond acceptors (Lipinski definition) is 6. The minimum Gasteiger partial charge on any atom is -0.273 e. The van der Waals surface area contributed by atoms with E-state index in [2.05, 4.69) is 9.71 Å². The van der Waals surface area contributed by atoms with Gasteiger partial charge in [-0.05, 0) is 36.4 Å². The number of hydrogen-bond donors (Lipinski definition) is 1. The number of benzene rings is 1. The Hall–Kier alpha value is -2.30. The summed E-state index contributed by atoms with van der Waals surface area (Å²) in [7, 11) is -7.46. The summed E-state index contributed by atoms with van der Waals surface area (Å²) >= 11 is 0. The fraction of sp³-hybridized carbons (Fsp3) is 0.200. The number of nitrogens with one attached hydrogen (secondary N) is 1. The number of carbonyl (C=O) groups is 1. The van der Waals surface area contributed by atoms with Crippen LogP contribution in [0.25, 0.3) is 0 Å². The van der Waals surface area contributed by atoms with Crippen LogP contribution in [0.1, 0.15) is 12.1 Å². The molecule has 1 aliphatic heterocycles. The van der Waals surface area contributed by atoms with Crippen LogP contribution >= 0.6 is 0 Å². The highest BCUT2D eigenvalue weighted by Crippen LogP contribution is 2.26. The highest BCUT2D eigenvalue weighted by Gasteiger charge is 2.36. The predicted molar refractivity (Wildman–Crippen MR) is 90.6 cm³/mol. The van der Waals surface area contributed by atoms with Gasteiger partial charge >= 0.3 is 0 Å². The third kappa shape index (κ3) is 3.70. The SMILES string of the molecule is O=C1CCS(=O)(=O)N1c1ccc(S(=O)(=O)NCc2ccccn2)cc1. The zero-order chi connectivity index (χ0) is 18.1. The van der Waals surface area contributed by atoms with E-state index in [0.29, 0.717) is 10.00 Å². The molecule has 0 unspecified atom stereocenters. The molecule has 25 heavy (non-hydrogen) atoms. The van der Waals surface area contributed by atoms with Gasteiger partial charge in [0, 0.05) is 12.6 Å². The highest BCUT2D eigenvalue weighted by atomic mass is 32.2.